The summed E-state index contributed by atoms with van der Waals surface area (Å²) < 4.78 is 15.9. The Labute approximate surface area is 174 Å². The van der Waals surface area contributed by atoms with Gasteiger partial charge in [-0.1, -0.05) is 12.1 Å². The van der Waals surface area contributed by atoms with Gasteiger partial charge in [-0.2, -0.15) is 0 Å². The number of nitrogens with one attached hydrogen (secondary N) is 1. The van der Waals surface area contributed by atoms with E-state index in [1.54, 1.807) is 56.3 Å². The summed E-state index contributed by atoms with van der Waals surface area (Å²) in [6, 6.07) is 11.7. The van der Waals surface area contributed by atoms with Gasteiger partial charge in [0.15, 0.2) is 0 Å². The van der Waals surface area contributed by atoms with Crippen LogP contribution >= 0.6 is 0 Å². The van der Waals surface area contributed by atoms with Crippen LogP contribution in [-0.2, 0) is 9.53 Å². The molecule has 0 atom stereocenters. The molecule has 0 radical (unpaired) electrons. The van der Waals surface area contributed by atoms with Crippen molar-refractivity contribution in [3.8, 4) is 11.5 Å². The number of nitrogens with zero attached hydrogens (tertiary/aromatic N) is 1. The topological polar surface area (TPSA) is 94.2 Å². The number of rotatable bonds is 8. The second-order valence-electron chi connectivity index (χ2n) is 7.41. The average Bonchev–Trinajstić information content (AvgIpc) is 2.99. The first-order valence-corrected chi connectivity index (χ1v) is 9.36. The molecule has 1 N–H and O–H groups in total. The fourth-order valence-electron chi connectivity index (χ4n) is 3.30. The van der Waals surface area contributed by atoms with Gasteiger partial charge in [0, 0.05) is 6.07 Å². The molecule has 0 saturated heterocycles. The van der Waals surface area contributed by atoms with E-state index in [-0.39, 0.29) is 25.0 Å². The van der Waals surface area contributed by atoms with E-state index in [4.69, 9.17) is 14.2 Å². The van der Waals surface area contributed by atoms with Crippen LogP contribution in [0, 0.1) is 0 Å². The first-order chi connectivity index (χ1) is 14.3. The van der Waals surface area contributed by atoms with Crippen LogP contribution in [0.15, 0.2) is 42.5 Å². The molecule has 0 fully saturated rings. The molecule has 1 aliphatic heterocycles. The van der Waals surface area contributed by atoms with E-state index in [1.165, 1.54) is 19.1 Å². The minimum Gasteiger partial charge on any atom is -0.497 e. The van der Waals surface area contributed by atoms with Gasteiger partial charge in [-0.25, -0.2) is 0 Å². The molecule has 0 unspecified atom stereocenters. The van der Waals surface area contributed by atoms with Crippen LogP contribution in [0.2, 0.25) is 0 Å². The Hall–Kier alpha value is -3.39. The number of hydrogen-bond donors (Lipinski definition) is 1. The van der Waals surface area contributed by atoms with Crippen molar-refractivity contribution in [2.24, 2.45) is 0 Å². The summed E-state index contributed by atoms with van der Waals surface area (Å²) in [7, 11) is 3.02. The zero-order chi connectivity index (χ0) is 21.9. The molecule has 2 aromatic rings. The van der Waals surface area contributed by atoms with Gasteiger partial charge in [-0.3, -0.25) is 19.3 Å². The third-order valence-electron chi connectivity index (χ3n) is 4.77. The maximum atomic E-state index is 12.7. The Morgan fingerprint density at radius 2 is 1.63 bits per heavy atom. The third kappa shape index (κ3) is 4.13. The number of carbonyl (C=O) groups excluding carboxylic acids is 3. The van der Waals surface area contributed by atoms with Crippen LogP contribution in [-0.4, -0.2) is 55.6 Å². The van der Waals surface area contributed by atoms with Gasteiger partial charge in [0.2, 0.25) is 5.91 Å². The molecular formula is C22H24N2O6. The number of carbonyl (C=O) groups is 3. The van der Waals surface area contributed by atoms with Crippen molar-refractivity contribution in [3.63, 3.8) is 0 Å². The fraction of sp³-hybridized carbons (Fsp3) is 0.318. The van der Waals surface area contributed by atoms with Gasteiger partial charge in [0.25, 0.3) is 11.8 Å². The number of methoxy groups -OCH3 is 2. The Balaban J connectivity index is 1.60. The number of fused-ring (bicyclic) bond motifs is 1. The number of hydrogen-bond acceptors (Lipinski definition) is 6. The summed E-state index contributed by atoms with van der Waals surface area (Å²) in [5.41, 5.74) is 0.267. The van der Waals surface area contributed by atoms with Crippen LogP contribution in [0.25, 0.3) is 0 Å². The highest BCUT2D eigenvalue weighted by molar-refractivity contribution is 6.21. The molecule has 0 spiro atoms. The van der Waals surface area contributed by atoms with Gasteiger partial charge >= 0.3 is 0 Å². The lowest BCUT2D eigenvalue weighted by atomic mass is 10.0. The van der Waals surface area contributed by atoms with Crippen molar-refractivity contribution in [2.45, 2.75) is 19.4 Å². The summed E-state index contributed by atoms with van der Waals surface area (Å²) >= 11 is 0. The van der Waals surface area contributed by atoms with Crippen LogP contribution in [0.3, 0.4) is 0 Å². The summed E-state index contributed by atoms with van der Waals surface area (Å²) in [5.74, 6) is -0.0847. The van der Waals surface area contributed by atoms with Gasteiger partial charge in [-0.05, 0) is 38.1 Å². The smallest absolute Gasteiger partial charge is 0.262 e. The molecule has 2 aromatic carbocycles. The Morgan fingerprint density at radius 1 is 1.00 bits per heavy atom. The summed E-state index contributed by atoms with van der Waals surface area (Å²) in [6.45, 7) is 3.18. The molecule has 3 amide bonds. The summed E-state index contributed by atoms with van der Waals surface area (Å²) in [5, 5.41) is 2.71. The first-order valence-electron chi connectivity index (χ1n) is 9.36. The monoisotopic (exact) mass is 412 g/mol. The highest BCUT2D eigenvalue weighted by atomic mass is 16.5. The minimum atomic E-state index is -0.929. The molecule has 0 saturated carbocycles. The lowest BCUT2D eigenvalue weighted by Crippen LogP contribution is -2.50. The molecule has 0 bridgehead atoms. The SMILES string of the molecule is COc1ccc(OC)c(NC(=O)COCC(C)(C)N2C(=O)c3ccccc3C2=O)c1. The standard InChI is InChI=1S/C22H24N2O6/c1-22(2,24-20(26)15-7-5-6-8-16(15)21(24)27)13-30-12-19(25)23-17-11-14(28-3)9-10-18(17)29-4/h5-11H,12-13H2,1-4H3,(H,23,25). The molecule has 30 heavy (non-hydrogen) atoms. The second-order valence-corrected chi connectivity index (χ2v) is 7.41. The highest BCUT2D eigenvalue weighted by Crippen LogP contribution is 2.30. The largest absolute Gasteiger partial charge is 0.497 e. The van der Waals surface area contributed by atoms with E-state index >= 15 is 0 Å². The van der Waals surface area contributed by atoms with E-state index in [0.717, 1.165) is 0 Å². The van der Waals surface area contributed by atoms with E-state index < -0.39 is 11.4 Å². The van der Waals surface area contributed by atoms with Gasteiger partial charge in [-0.15, -0.1) is 0 Å². The van der Waals surface area contributed by atoms with Crippen molar-refractivity contribution >= 4 is 23.4 Å². The predicted molar refractivity (Wildman–Crippen MR) is 110 cm³/mol. The molecule has 158 valence electrons. The van der Waals surface area contributed by atoms with Crippen molar-refractivity contribution in [3.05, 3.63) is 53.6 Å². The Kier molecular flexibility index (Phi) is 6.07. The fourth-order valence-corrected chi connectivity index (χ4v) is 3.30. The minimum absolute atomic E-state index is 0.00113. The molecule has 0 aliphatic carbocycles. The predicted octanol–water partition coefficient (Wildman–Crippen LogP) is 2.73. The number of ether oxygens (including phenoxy) is 3. The van der Waals surface area contributed by atoms with E-state index in [9.17, 15) is 14.4 Å². The highest BCUT2D eigenvalue weighted by Gasteiger charge is 2.44. The molecule has 1 heterocycles. The molecule has 8 heteroatoms. The lowest BCUT2D eigenvalue weighted by Gasteiger charge is -2.33. The third-order valence-corrected chi connectivity index (χ3v) is 4.77. The zero-order valence-corrected chi connectivity index (χ0v) is 17.4. The van der Waals surface area contributed by atoms with Crippen LogP contribution in [0.1, 0.15) is 34.6 Å². The van der Waals surface area contributed by atoms with Gasteiger partial charge in [0.05, 0.1) is 43.2 Å². The molecule has 0 aromatic heterocycles. The van der Waals surface area contributed by atoms with E-state index in [2.05, 4.69) is 5.32 Å². The number of imide groups is 1. The number of amides is 3. The first kappa shape index (κ1) is 21.3. The van der Waals surface area contributed by atoms with Gasteiger partial charge < -0.3 is 19.5 Å². The molecule has 3 rings (SSSR count). The quantitative estimate of drug-likeness (QED) is 0.670. The zero-order valence-electron chi connectivity index (χ0n) is 17.4. The van der Waals surface area contributed by atoms with E-state index in [1.807, 2.05) is 0 Å². The van der Waals surface area contributed by atoms with Crippen molar-refractivity contribution in [2.75, 3.05) is 32.8 Å². The van der Waals surface area contributed by atoms with E-state index in [0.29, 0.717) is 28.3 Å². The van der Waals surface area contributed by atoms with Crippen LogP contribution in [0.4, 0.5) is 5.69 Å². The van der Waals surface area contributed by atoms with Crippen molar-refractivity contribution < 1.29 is 28.6 Å². The molecular weight excluding hydrogens is 388 g/mol. The maximum absolute atomic E-state index is 12.7. The average molecular weight is 412 g/mol. The Bertz CT molecular complexity index is 950. The second kappa shape index (κ2) is 8.54. The number of anilines is 1. The number of benzene rings is 2. The molecule has 8 nitrogen and oxygen atoms in total. The van der Waals surface area contributed by atoms with Gasteiger partial charge in [0.1, 0.15) is 18.1 Å². The Morgan fingerprint density at radius 3 is 2.20 bits per heavy atom. The summed E-state index contributed by atoms with van der Waals surface area (Å²) in [6.07, 6.45) is 0. The molecule has 1 aliphatic rings. The normalized spacial score (nSPS) is 13.3. The van der Waals surface area contributed by atoms with Crippen molar-refractivity contribution in [1.82, 2.24) is 4.90 Å². The maximum Gasteiger partial charge on any atom is 0.262 e. The summed E-state index contributed by atoms with van der Waals surface area (Å²) in [4.78, 5) is 38.8. The van der Waals surface area contributed by atoms with Crippen LogP contribution in [0.5, 0.6) is 11.5 Å². The lowest BCUT2D eigenvalue weighted by molar-refractivity contribution is -0.121. The van der Waals surface area contributed by atoms with Crippen LogP contribution < -0.4 is 14.8 Å². The van der Waals surface area contributed by atoms with Crippen molar-refractivity contribution in [1.29, 1.82) is 0 Å².